The van der Waals surface area contributed by atoms with Gasteiger partial charge in [0.25, 0.3) is 11.8 Å². The van der Waals surface area contributed by atoms with Gasteiger partial charge in [-0.3, -0.25) is 19.2 Å². The molecule has 3 aromatic carbocycles. The Labute approximate surface area is 231 Å². The molecule has 0 aromatic heterocycles. The van der Waals surface area contributed by atoms with E-state index in [1.54, 1.807) is 0 Å². The fourth-order valence-electron chi connectivity index (χ4n) is 5.16. The summed E-state index contributed by atoms with van der Waals surface area (Å²) < 4.78 is 22.6. The SMILES string of the molecule is CC(=O)Oc1ccc2c(c1)Oc1cc(OC(C)=O)ccc1C21OC(=O)c2cccc(C(=O)ON3C(=O)CCC3=O)c21. The second-order valence-electron chi connectivity index (χ2n) is 9.36. The smallest absolute Gasteiger partial charge is 0.364 e. The lowest BCUT2D eigenvalue weighted by Crippen LogP contribution is -2.36. The van der Waals surface area contributed by atoms with E-state index in [0.29, 0.717) is 5.06 Å². The Kier molecular flexibility index (Phi) is 5.84. The van der Waals surface area contributed by atoms with E-state index in [1.165, 1.54) is 68.4 Å². The Morgan fingerprint density at radius 3 is 1.90 bits per heavy atom. The molecular formula is C29H19NO11. The number of hydroxylamine groups is 2. The molecule has 2 amide bonds. The van der Waals surface area contributed by atoms with Crippen molar-refractivity contribution in [2.24, 2.45) is 0 Å². The molecule has 0 N–H and O–H groups in total. The molecule has 0 unspecified atom stereocenters. The Hall–Kier alpha value is -5.52. The lowest BCUT2D eigenvalue weighted by molar-refractivity contribution is -0.172. The van der Waals surface area contributed by atoms with E-state index in [2.05, 4.69) is 0 Å². The number of ether oxygens (including phenoxy) is 4. The topological polar surface area (TPSA) is 152 Å². The van der Waals surface area contributed by atoms with Crippen LogP contribution in [0.2, 0.25) is 0 Å². The summed E-state index contributed by atoms with van der Waals surface area (Å²) in [6.07, 6.45) is -0.198. The molecule has 3 aromatic rings. The molecule has 206 valence electrons. The minimum atomic E-state index is -1.78. The zero-order valence-corrected chi connectivity index (χ0v) is 21.5. The van der Waals surface area contributed by atoms with E-state index in [9.17, 15) is 28.8 Å². The first kappa shape index (κ1) is 25.7. The molecule has 12 nitrogen and oxygen atoms in total. The summed E-state index contributed by atoms with van der Waals surface area (Å²) in [7, 11) is 0. The summed E-state index contributed by atoms with van der Waals surface area (Å²) in [6, 6.07) is 13.1. The molecule has 1 saturated heterocycles. The van der Waals surface area contributed by atoms with Crippen LogP contribution in [-0.2, 0) is 34.4 Å². The molecule has 0 aliphatic carbocycles. The van der Waals surface area contributed by atoms with E-state index < -0.39 is 41.3 Å². The maximum atomic E-state index is 13.5. The molecule has 41 heavy (non-hydrogen) atoms. The zero-order chi connectivity index (χ0) is 29.1. The van der Waals surface area contributed by atoms with Crippen molar-refractivity contribution in [1.82, 2.24) is 5.06 Å². The molecule has 0 atom stereocenters. The first-order valence-corrected chi connectivity index (χ1v) is 12.4. The molecule has 12 heteroatoms. The van der Waals surface area contributed by atoms with E-state index in [0.717, 1.165) is 0 Å². The third-order valence-corrected chi connectivity index (χ3v) is 6.69. The van der Waals surface area contributed by atoms with E-state index in [-0.39, 0.29) is 63.7 Å². The van der Waals surface area contributed by atoms with Gasteiger partial charge in [0.2, 0.25) is 0 Å². The van der Waals surface area contributed by atoms with Gasteiger partial charge in [-0.25, -0.2) is 9.59 Å². The van der Waals surface area contributed by atoms with Gasteiger partial charge in [0.15, 0.2) is 5.60 Å². The number of hydrogen-bond donors (Lipinski definition) is 0. The van der Waals surface area contributed by atoms with Crippen LogP contribution in [0.15, 0.2) is 54.6 Å². The number of hydrogen-bond acceptors (Lipinski definition) is 11. The molecule has 0 saturated carbocycles. The van der Waals surface area contributed by atoms with Crippen LogP contribution < -0.4 is 14.2 Å². The third kappa shape index (κ3) is 4.07. The molecule has 1 spiro atoms. The van der Waals surface area contributed by atoms with Crippen LogP contribution in [0.1, 0.15) is 64.1 Å². The largest absolute Gasteiger partial charge is 0.456 e. The van der Waals surface area contributed by atoms with Gasteiger partial charge in [0.05, 0.1) is 11.1 Å². The standard InChI is InChI=1S/C29H19NO11/c1-14(31)37-16-6-8-20-22(12-16)39-23-13-17(38-15(2)32)7-9-21(23)29(20)26-18(27(35)40-29)4-3-5-19(26)28(36)41-30-24(33)10-11-25(30)34/h3-9,12-13H,10-11H2,1-2H3. The highest BCUT2D eigenvalue weighted by Crippen LogP contribution is 2.58. The summed E-state index contributed by atoms with van der Waals surface area (Å²) in [5.41, 5.74) is -1.25. The predicted octanol–water partition coefficient (Wildman–Crippen LogP) is 3.33. The lowest BCUT2D eigenvalue weighted by atomic mass is 9.75. The zero-order valence-electron chi connectivity index (χ0n) is 21.5. The first-order chi connectivity index (χ1) is 19.6. The molecule has 0 radical (unpaired) electrons. The van der Waals surface area contributed by atoms with Gasteiger partial charge in [0.1, 0.15) is 23.0 Å². The fraction of sp³-hybridized carbons (Fsp3) is 0.172. The Morgan fingerprint density at radius 1 is 0.805 bits per heavy atom. The van der Waals surface area contributed by atoms with Gasteiger partial charge in [-0.15, -0.1) is 5.06 Å². The van der Waals surface area contributed by atoms with Gasteiger partial charge in [0, 0.05) is 55.5 Å². The number of imide groups is 1. The van der Waals surface area contributed by atoms with Crippen LogP contribution >= 0.6 is 0 Å². The highest BCUT2D eigenvalue weighted by atomic mass is 16.7. The highest BCUT2D eigenvalue weighted by molar-refractivity contribution is 6.05. The van der Waals surface area contributed by atoms with Gasteiger partial charge >= 0.3 is 23.9 Å². The number of amides is 2. The first-order valence-electron chi connectivity index (χ1n) is 12.4. The molecule has 3 heterocycles. The second kappa shape index (κ2) is 9.30. The molecule has 0 bridgehead atoms. The summed E-state index contributed by atoms with van der Waals surface area (Å²) >= 11 is 0. The van der Waals surface area contributed by atoms with Crippen molar-refractivity contribution in [3.8, 4) is 23.0 Å². The number of benzene rings is 3. The van der Waals surface area contributed by atoms with Crippen LogP contribution in [0.4, 0.5) is 0 Å². The van der Waals surface area contributed by atoms with Crippen molar-refractivity contribution < 1.29 is 52.6 Å². The average Bonchev–Trinajstić information content (AvgIpc) is 3.39. The quantitative estimate of drug-likeness (QED) is 0.264. The van der Waals surface area contributed by atoms with Gasteiger partial charge in [-0.1, -0.05) is 6.07 Å². The number of carbonyl (C=O) groups is 6. The number of rotatable bonds is 4. The van der Waals surface area contributed by atoms with Crippen LogP contribution in [0.3, 0.4) is 0 Å². The van der Waals surface area contributed by atoms with Crippen LogP contribution in [-0.4, -0.2) is 40.8 Å². The Bertz CT molecular complexity index is 1640. The second-order valence-corrected chi connectivity index (χ2v) is 9.36. The van der Waals surface area contributed by atoms with Crippen molar-refractivity contribution in [2.75, 3.05) is 0 Å². The molecule has 6 rings (SSSR count). The lowest BCUT2D eigenvalue weighted by Gasteiger charge is -2.37. The number of fused-ring (bicyclic) bond motifs is 6. The molecule has 1 fully saturated rings. The Morgan fingerprint density at radius 2 is 1.37 bits per heavy atom. The van der Waals surface area contributed by atoms with Crippen LogP contribution in [0.5, 0.6) is 23.0 Å². The molecule has 3 aliphatic heterocycles. The summed E-state index contributed by atoms with van der Waals surface area (Å²) in [6.45, 7) is 2.45. The van der Waals surface area contributed by atoms with Crippen LogP contribution in [0, 0.1) is 0 Å². The normalized spacial score (nSPS) is 15.9. The maximum absolute atomic E-state index is 13.5. The van der Waals surface area contributed by atoms with Crippen LogP contribution in [0.25, 0.3) is 0 Å². The number of nitrogens with zero attached hydrogens (tertiary/aromatic N) is 1. The monoisotopic (exact) mass is 557 g/mol. The third-order valence-electron chi connectivity index (χ3n) is 6.69. The van der Waals surface area contributed by atoms with Crippen molar-refractivity contribution in [2.45, 2.75) is 32.3 Å². The van der Waals surface area contributed by atoms with E-state index >= 15 is 0 Å². The molecule has 3 aliphatic rings. The van der Waals surface area contributed by atoms with Crippen molar-refractivity contribution >= 4 is 35.7 Å². The summed E-state index contributed by atoms with van der Waals surface area (Å²) in [4.78, 5) is 79.5. The van der Waals surface area contributed by atoms with Gasteiger partial charge in [-0.05, 0) is 36.4 Å². The number of carbonyl (C=O) groups excluding carboxylic acids is 6. The highest BCUT2D eigenvalue weighted by Gasteiger charge is 2.56. The van der Waals surface area contributed by atoms with E-state index in [4.69, 9.17) is 23.8 Å². The minimum absolute atomic E-state index is 0.0328. The fourth-order valence-corrected chi connectivity index (χ4v) is 5.16. The number of esters is 3. The minimum Gasteiger partial charge on any atom is -0.456 e. The Balaban J connectivity index is 1.57. The summed E-state index contributed by atoms with van der Waals surface area (Å²) in [5, 5.41) is 0.411. The van der Waals surface area contributed by atoms with E-state index in [1.807, 2.05) is 0 Å². The van der Waals surface area contributed by atoms with Gasteiger partial charge in [-0.2, -0.15) is 0 Å². The van der Waals surface area contributed by atoms with Crippen molar-refractivity contribution in [3.05, 3.63) is 82.4 Å². The average molecular weight is 557 g/mol. The summed E-state index contributed by atoms with van der Waals surface area (Å²) in [5.74, 6) is -3.84. The predicted molar refractivity (Wildman–Crippen MR) is 134 cm³/mol. The van der Waals surface area contributed by atoms with Crippen molar-refractivity contribution in [1.29, 1.82) is 0 Å². The van der Waals surface area contributed by atoms with Crippen molar-refractivity contribution in [3.63, 3.8) is 0 Å². The maximum Gasteiger partial charge on any atom is 0.364 e. The van der Waals surface area contributed by atoms with Gasteiger partial charge < -0.3 is 23.8 Å². The molecular weight excluding hydrogens is 538 g/mol.